The van der Waals surface area contributed by atoms with Gasteiger partial charge in [0.25, 0.3) is 0 Å². The first-order valence-electron chi connectivity index (χ1n) is 6.30. The summed E-state index contributed by atoms with van der Waals surface area (Å²) in [5.74, 6) is -0.170. The second-order valence-corrected chi connectivity index (χ2v) is 4.99. The maximum atomic E-state index is 13.0. The monoisotopic (exact) mass is 291 g/mol. The zero-order valence-electron chi connectivity index (χ0n) is 13.0. The first kappa shape index (κ1) is 17.4. The van der Waals surface area contributed by atoms with Gasteiger partial charge in [-0.3, -0.25) is 0 Å². The molecule has 2 rings (SSSR count). The van der Waals surface area contributed by atoms with Crippen molar-refractivity contribution in [2.75, 3.05) is 13.7 Å². The molecule has 1 aromatic carbocycles. The zero-order chi connectivity index (χ0) is 14.0. The molecule has 20 heavy (non-hydrogen) atoms. The summed E-state index contributed by atoms with van der Waals surface area (Å²) in [6, 6.07) is 5.71. The number of amides is 1. The van der Waals surface area contributed by atoms with E-state index in [4.69, 9.17) is 4.74 Å². The number of likely N-dealkylation sites (tertiary alicyclic amines) is 1. The van der Waals surface area contributed by atoms with Crippen molar-refractivity contribution in [3.8, 4) is 0 Å². The first-order chi connectivity index (χ1) is 9.02. The van der Waals surface area contributed by atoms with Gasteiger partial charge in [0.2, 0.25) is 0 Å². The molecule has 0 saturated carbocycles. The average Bonchev–Trinajstić information content (AvgIpc) is 2.39. The van der Waals surface area contributed by atoms with Crippen LogP contribution in [-0.4, -0.2) is 35.9 Å². The molecule has 1 heterocycles. The van der Waals surface area contributed by atoms with Gasteiger partial charge in [0.05, 0.1) is 12.1 Å². The number of hydrogen-bond acceptors (Lipinski definition) is 2. The molecular formula is C14H19FNNaO3. The molecule has 106 valence electrons. The third kappa shape index (κ3) is 3.73. The second kappa shape index (κ2) is 7.41. The van der Waals surface area contributed by atoms with Gasteiger partial charge in [0.1, 0.15) is 5.82 Å². The number of nitrogens with zero attached hydrogens (tertiary/aromatic N) is 1. The predicted octanol–water partition coefficient (Wildman–Crippen LogP) is 0.0181. The second-order valence-electron chi connectivity index (χ2n) is 4.99. The first-order valence-corrected chi connectivity index (χ1v) is 6.30. The largest absolute Gasteiger partial charge is 1.00 e. The van der Waals surface area contributed by atoms with Crippen LogP contribution in [0.1, 0.15) is 26.4 Å². The zero-order valence-corrected chi connectivity index (χ0v) is 14.0. The minimum Gasteiger partial charge on any atom is -1.00 e. The maximum absolute atomic E-state index is 13.0. The summed E-state index contributed by atoms with van der Waals surface area (Å²) in [5, 5.41) is 9.31. The Kier molecular flexibility index (Phi) is 6.45. The van der Waals surface area contributed by atoms with Crippen molar-refractivity contribution in [1.29, 1.82) is 0 Å². The number of carboxylic acid groups (broad SMARTS) is 1. The van der Waals surface area contributed by atoms with E-state index < -0.39 is 6.09 Å². The fourth-order valence-electron chi connectivity index (χ4n) is 2.68. The topological polar surface area (TPSA) is 49.8 Å². The molecule has 6 heteroatoms. The molecule has 1 unspecified atom stereocenters. The molecule has 0 aliphatic carbocycles. The van der Waals surface area contributed by atoms with Gasteiger partial charge in [-0.1, -0.05) is 19.1 Å². The van der Waals surface area contributed by atoms with E-state index in [0.717, 1.165) is 5.56 Å². The molecule has 0 bridgehead atoms. The SMILES string of the molecule is COC1C[C@H](c2ccc(F)cc2)N(C(=O)O)C[C@H]1C.[H-].[Na+]. The van der Waals surface area contributed by atoms with Crippen molar-refractivity contribution < 1.29 is 50.0 Å². The van der Waals surface area contributed by atoms with Gasteiger partial charge in [-0.25, -0.2) is 9.18 Å². The van der Waals surface area contributed by atoms with Crippen LogP contribution in [0.5, 0.6) is 0 Å². The smallest absolute Gasteiger partial charge is 1.00 e. The quantitative estimate of drug-likeness (QED) is 0.782. The molecule has 1 aliphatic heterocycles. The number of methoxy groups -OCH3 is 1. The van der Waals surface area contributed by atoms with Crippen LogP contribution in [0.15, 0.2) is 24.3 Å². The summed E-state index contributed by atoms with van der Waals surface area (Å²) < 4.78 is 18.4. The normalized spacial score (nSPS) is 25.9. The van der Waals surface area contributed by atoms with Crippen molar-refractivity contribution in [3.63, 3.8) is 0 Å². The Morgan fingerprint density at radius 1 is 1.45 bits per heavy atom. The fraction of sp³-hybridized carbons (Fsp3) is 0.500. The number of halogens is 1. The van der Waals surface area contributed by atoms with Crippen molar-refractivity contribution in [2.45, 2.75) is 25.5 Å². The molecule has 0 radical (unpaired) electrons. The standard InChI is InChI=1S/C14H18FNO3.Na.H/c1-9-8-16(14(17)18)12(7-13(9)19-2)10-3-5-11(15)6-4-10;;/h3-6,9,12-13H,7-8H2,1-2H3,(H,17,18);;/q;+1;-1/t9-,12-,13?;;/m1../s1. The molecule has 1 fully saturated rings. The van der Waals surface area contributed by atoms with Crippen LogP contribution in [0.4, 0.5) is 9.18 Å². The number of piperidine rings is 1. The van der Waals surface area contributed by atoms with Crippen molar-refractivity contribution in [1.82, 2.24) is 4.90 Å². The van der Waals surface area contributed by atoms with Gasteiger partial charge in [0, 0.05) is 19.6 Å². The average molecular weight is 291 g/mol. The Labute approximate surface area is 141 Å². The minimum absolute atomic E-state index is 0. The van der Waals surface area contributed by atoms with Crippen LogP contribution in [0, 0.1) is 11.7 Å². The van der Waals surface area contributed by atoms with Crippen molar-refractivity contribution >= 4 is 6.09 Å². The van der Waals surface area contributed by atoms with Crippen LogP contribution in [0.2, 0.25) is 0 Å². The molecule has 0 spiro atoms. The minimum atomic E-state index is -0.948. The molecule has 4 nitrogen and oxygen atoms in total. The van der Waals surface area contributed by atoms with Gasteiger partial charge in [-0.05, 0) is 24.1 Å². The van der Waals surface area contributed by atoms with Gasteiger partial charge >= 0.3 is 35.7 Å². The molecule has 1 aromatic rings. The van der Waals surface area contributed by atoms with E-state index in [1.54, 1.807) is 19.2 Å². The Morgan fingerprint density at radius 3 is 2.55 bits per heavy atom. The summed E-state index contributed by atoms with van der Waals surface area (Å²) in [6.07, 6.45) is -0.336. The van der Waals surface area contributed by atoms with Gasteiger partial charge in [-0.15, -0.1) is 0 Å². The summed E-state index contributed by atoms with van der Waals surface area (Å²) >= 11 is 0. The van der Waals surface area contributed by atoms with E-state index in [0.29, 0.717) is 13.0 Å². The predicted molar refractivity (Wildman–Crippen MR) is 69.6 cm³/mol. The third-order valence-electron chi connectivity index (χ3n) is 3.75. The van der Waals surface area contributed by atoms with Gasteiger partial charge in [0.15, 0.2) is 0 Å². The molecule has 1 aliphatic rings. The van der Waals surface area contributed by atoms with E-state index in [-0.39, 0.29) is 54.9 Å². The summed E-state index contributed by atoms with van der Waals surface area (Å²) in [6.45, 7) is 2.40. The molecular weight excluding hydrogens is 272 g/mol. The van der Waals surface area contributed by atoms with Crippen LogP contribution in [0.25, 0.3) is 0 Å². The molecule has 1 N–H and O–H groups in total. The number of benzene rings is 1. The summed E-state index contributed by atoms with van der Waals surface area (Å²) in [7, 11) is 1.64. The van der Waals surface area contributed by atoms with E-state index in [2.05, 4.69) is 0 Å². The Hall–Kier alpha value is -0.620. The summed E-state index contributed by atoms with van der Waals surface area (Å²) in [5.41, 5.74) is 0.803. The van der Waals surface area contributed by atoms with E-state index in [1.165, 1.54) is 17.0 Å². The van der Waals surface area contributed by atoms with Crippen molar-refractivity contribution in [3.05, 3.63) is 35.6 Å². The number of rotatable bonds is 2. The maximum Gasteiger partial charge on any atom is 1.00 e. The van der Waals surface area contributed by atoms with Gasteiger partial charge < -0.3 is 16.2 Å². The Balaban J connectivity index is 0.00000200. The van der Waals surface area contributed by atoms with Crippen molar-refractivity contribution in [2.24, 2.45) is 5.92 Å². The van der Waals surface area contributed by atoms with Crippen LogP contribution in [0.3, 0.4) is 0 Å². The Bertz CT molecular complexity index is 460. The van der Waals surface area contributed by atoms with E-state index in [9.17, 15) is 14.3 Å². The molecule has 1 amide bonds. The fourth-order valence-corrected chi connectivity index (χ4v) is 2.68. The molecule has 1 saturated heterocycles. The Morgan fingerprint density at radius 2 is 2.05 bits per heavy atom. The number of hydrogen-bond donors (Lipinski definition) is 1. The third-order valence-corrected chi connectivity index (χ3v) is 3.75. The van der Waals surface area contributed by atoms with Crippen LogP contribution in [-0.2, 0) is 4.74 Å². The molecule has 3 atom stereocenters. The van der Waals surface area contributed by atoms with E-state index in [1.807, 2.05) is 6.92 Å². The molecule has 0 aromatic heterocycles. The van der Waals surface area contributed by atoms with Crippen LogP contribution >= 0.6 is 0 Å². The number of carbonyl (C=O) groups is 1. The number of ether oxygens (including phenoxy) is 1. The van der Waals surface area contributed by atoms with Crippen LogP contribution < -0.4 is 29.6 Å². The van der Waals surface area contributed by atoms with E-state index >= 15 is 0 Å². The summed E-state index contributed by atoms with van der Waals surface area (Å²) in [4.78, 5) is 12.8. The van der Waals surface area contributed by atoms with Gasteiger partial charge in [-0.2, -0.15) is 0 Å².